The third kappa shape index (κ3) is 4.36. The highest BCUT2D eigenvalue weighted by Gasteiger charge is 2.21. The van der Waals surface area contributed by atoms with E-state index < -0.39 is 0 Å². The van der Waals surface area contributed by atoms with Crippen LogP contribution < -0.4 is 16.2 Å². The summed E-state index contributed by atoms with van der Waals surface area (Å²) in [5, 5.41) is 26.8. The zero-order chi connectivity index (χ0) is 20.2. The first-order chi connectivity index (χ1) is 14.1. The van der Waals surface area contributed by atoms with Crippen molar-refractivity contribution >= 4 is 28.2 Å². The number of nitrogens with one attached hydrogen (secondary N) is 2. The Morgan fingerprint density at radius 3 is 2.72 bits per heavy atom. The monoisotopic (exact) mass is 396 g/mol. The number of nitrogens with zero attached hydrogens (tertiary/aromatic N) is 4. The molecular formula is C20H24N6O3. The van der Waals surface area contributed by atoms with Crippen molar-refractivity contribution in [3.8, 4) is 0 Å². The summed E-state index contributed by atoms with van der Waals surface area (Å²) in [6.07, 6.45) is 9.26. The second-order valence-corrected chi connectivity index (χ2v) is 7.22. The Kier molecular flexibility index (Phi) is 5.68. The molecule has 0 aliphatic heterocycles. The molecule has 9 heteroatoms. The Balaban J connectivity index is 1.75. The number of pyridine rings is 2. The van der Waals surface area contributed by atoms with Crippen molar-refractivity contribution in [2.24, 2.45) is 0 Å². The summed E-state index contributed by atoms with van der Waals surface area (Å²) < 4.78 is 1.48. The van der Waals surface area contributed by atoms with Gasteiger partial charge in [-0.1, -0.05) is 0 Å². The Bertz CT molecular complexity index is 1030. The first-order valence-electron chi connectivity index (χ1n) is 9.77. The molecule has 3 aromatic rings. The van der Waals surface area contributed by atoms with Crippen molar-refractivity contribution in [2.45, 2.75) is 44.4 Å². The van der Waals surface area contributed by atoms with Gasteiger partial charge in [0.05, 0.1) is 24.3 Å². The predicted octanol–water partition coefficient (Wildman–Crippen LogP) is 1.64. The van der Waals surface area contributed by atoms with Crippen LogP contribution >= 0.6 is 0 Å². The topological polar surface area (TPSA) is 125 Å². The van der Waals surface area contributed by atoms with Crippen LogP contribution in [0.15, 0.2) is 41.7 Å². The van der Waals surface area contributed by atoms with E-state index in [0.717, 1.165) is 31.1 Å². The molecule has 1 aliphatic rings. The lowest BCUT2D eigenvalue weighted by molar-refractivity contribution is 0.126. The van der Waals surface area contributed by atoms with E-state index in [-0.39, 0.29) is 30.9 Å². The SMILES string of the molecule is O=c1c2c(NC3CCC(O)CC3)nc(Nc3cnccn3)cc2ccn1CCO. The predicted molar refractivity (Wildman–Crippen MR) is 110 cm³/mol. The number of hydrogen-bond acceptors (Lipinski definition) is 8. The van der Waals surface area contributed by atoms with Gasteiger partial charge in [-0.05, 0) is 43.2 Å². The minimum absolute atomic E-state index is 0.117. The maximum atomic E-state index is 13.0. The third-order valence-electron chi connectivity index (χ3n) is 5.16. The van der Waals surface area contributed by atoms with Crippen molar-refractivity contribution in [3.05, 3.63) is 47.3 Å². The van der Waals surface area contributed by atoms with E-state index in [0.29, 0.717) is 22.8 Å². The summed E-state index contributed by atoms with van der Waals surface area (Å²) in [5.74, 6) is 1.60. The van der Waals surface area contributed by atoms with Gasteiger partial charge in [0.15, 0.2) is 0 Å². The van der Waals surface area contributed by atoms with Gasteiger partial charge in [-0.3, -0.25) is 9.78 Å². The lowest BCUT2D eigenvalue weighted by atomic mass is 9.93. The number of aromatic nitrogens is 4. The number of hydrogen-bond donors (Lipinski definition) is 4. The Morgan fingerprint density at radius 1 is 1.17 bits per heavy atom. The summed E-state index contributed by atoms with van der Waals surface area (Å²) in [7, 11) is 0. The maximum absolute atomic E-state index is 13.0. The molecule has 0 radical (unpaired) electrons. The van der Waals surface area contributed by atoms with Crippen molar-refractivity contribution in [1.29, 1.82) is 0 Å². The fourth-order valence-electron chi connectivity index (χ4n) is 3.66. The van der Waals surface area contributed by atoms with Crippen molar-refractivity contribution in [2.75, 3.05) is 17.2 Å². The lowest BCUT2D eigenvalue weighted by Crippen LogP contribution is -2.30. The molecule has 9 nitrogen and oxygen atoms in total. The van der Waals surface area contributed by atoms with E-state index in [4.69, 9.17) is 0 Å². The van der Waals surface area contributed by atoms with Gasteiger partial charge < -0.3 is 25.4 Å². The van der Waals surface area contributed by atoms with Gasteiger partial charge in [0.1, 0.15) is 17.5 Å². The van der Waals surface area contributed by atoms with Crippen molar-refractivity contribution < 1.29 is 10.2 Å². The number of anilines is 3. The van der Waals surface area contributed by atoms with Crippen LogP contribution in [-0.2, 0) is 6.54 Å². The van der Waals surface area contributed by atoms with Crippen LogP contribution in [-0.4, -0.2) is 48.5 Å². The molecule has 1 saturated carbocycles. The fraction of sp³-hybridized carbons (Fsp3) is 0.400. The van der Waals surface area contributed by atoms with E-state index >= 15 is 0 Å². The van der Waals surface area contributed by atoms with Gasteiger partial charge in [-0.25, -0.2) is 9.97 Å². The number of aliphatic hydroxyl groups is 2. The molecule has 0 amide bonds. The smallest absolute Gasteiger partial charge is 0.262 e. The molecule has 0 saturated heterocycles. The van der Waals surface area contributed by atoms with E-state index in [2.05, 4.69) is 25.6 Å². The van der Waals surface area contributed by atoms with E-state index in [9.17, 15) is 15.0 Å². The second kappa shape index (κ2) is 8.54. The standard InChI is InChI=1S/C20H24N6O3/c27-10-9-26-8-5-13-11-16(24-17-12-21-6-7-22-17)25-19(18(13)20(26)29)23-14-1-3-15(28)4-2-14/h5-8,11-12,14-15,27-28H,1-4,9-10H2,(H2,22,23,24,25). The summed E-state index contributed by atoms with van der Waals surface area (Å²) in [5.41, 5.74) is -0.201. The quantitative estimate of drug-likeness (QED) is 0.496. The molecule has 152 valence electrons. The molecule has 0 aromatic carbocycles. The number of aliphatic hydroxyl groups excluding tert-OH is 2. The average molecular weight is 396 g/mol. The van der Waals surface area contributed by atoms with Gasteiger partial charge in [-0.15, -0.1) is 0 Å². The molecule has 0 atom stereocenters. The van der Waals surface area contributed by atoms with Crippen molar-refractivity contribution in [3.63, 3.8) is 0 Å². The molecular weight excluding hydrogens is 372 g/mol. The van der Waals surface area contributed by atoms with Gasteiger partial charge in [0.2, 0.25) is 0 Å². The fourth-order valence-corrected chi connectivity index (χ4v) is 3.66. The van der Waals surface area contributed by atoms with Crippen LogP contribution in [0.5, 0.6) is 0 Å². The zero-order valence-corrected chi connectivity index (χ0v) is 16.0. The minimum Gasteiger partial charge on any atom is -0.395 e. The van der Waals surface area contributed by atoms with Crippen LogP contribution in [0.1, 0.15) is 25.7 Å². The van der Waals surface area contributed by atoms with Gasteiger partial charge in [0.25, 0.3) is 5.56 Å². The Morgan fingerprint density at radius 2 is 2.00 bits per heavy atom. The van der Waals surface area contributed by atoms with Crippen LogP contribution in [0.3, 0.4) is 0 Å². The second-order valence-electron chi connectivity index (χ2n) is 7.22. The van der Waals surface area contributed by atoms with Crippen LogP contribution in [0.2, 0.25) is 0 Å². The first kappa shape index (κ1) is 19.3. The molecule has 29 heavy (non-hydrogen) atoms. The molecule has 1 fully saturated rings. The minimum atomic E-state index is -0.260. The highest BCUT2D eigenvalue weighted by atomic mass is 16.3. The van der Waals surface area contributed by atoms with E-state index in [1.165, 1.54) is 4.57 Å². The normalized spacial score (nSPS) is 19.2. The Labute approximate surface area is 167 Å². The lowest BCUT2D eigenvalue weighted by Gasteiger charge is -2.27. The molecule has 0 bridgehead atoms. The maximum Gasteiger partial charge on any atom is 0.262 e. The summed E-state index contributed by atoms with van der Waals surface area (Å²) >= 11 is 0. The average Bonchev–Trinajstić information content (AvgIpc) is 2.72. The Hall–Kier alpha value is -3.04. The molecule has 3 aromatic heterocycles. The summed E-state index contributed by atoms with van der Waals surface area (Å²) in [6, 6.07) is 3.77. The molecule has 4 rings (SSSR count). The zero-order valence-electron chi connectivity index (χ0n) is 16.0. The number of rotatable bonds is 6. The van der Waals surface area contributed by atoms with Crippen LogP contribution in [0.4, 0.5) is 17.5 Å². The highest BCUT2D eigenvalue weighted by Crippen LogP contribution is 2.27. The number of fused-ring (bicyclic) bond motifs is 1. The largest absolute Gasteiger partial charge is 0.395 e. The van der Waals surface area contributed by atoms with Crippen molar-refractivity contribution in [1.82, 2.24) is 19.5 Å². The molecule has 0 unspecified atom stereocenters. The molecule has 3 heterocycles. The molecule has 0 spiro atoms. The van der Waals surface area contributed by atoms with Gasteiger partial charge in [-0.2, -0.15) is 0 Å². The highest BCUT2D eigenvalue weighted by molar-refractivity contribution is 5.93. The van der Waals surface area contributed by atoms with E-state index in [1.54, 1.807) is 30.9 Å². The van der Waals surface area contributed by atoms with Gasteiger partial charge >= 0.3 is 0 Å². The van der Waals surface area contributed by atoms with Crippen LogP contribution in [0.25, 0.3) is 10.8 Å². The third-order valence-corrected chi connectivity index (χ3v) is 5.16. The van der Waals surface area contributed by atoms with Gasteiger partial charge in [0, 0.05) is 31.2 Å². The molecule has 4 N–H and O–H groups in total. The summed E-state index contributed by atoms with van der Waals surface area (Å²) in [4.78, 5) is 25.9. The molecule has 1 aliphatic carbocycles. The van der Waals surface area contributed by atoms with E-state index in [1.807, 2.05) is 6.07 Å². The summed E-state index contributed by atoms with van der Waals surface area (Å²) in [6.45, 7) is 0.109. The van der Waals surface area contributed by atoms with Crippen LogP contribution in [0, 0.1) is 0 Å². The first-order valence-corrected chi connectivity index (χ1v) is 9.77.